The fourth-order valence-corrected chi connectivity index (χ4v) is 1.50. The molecule has 1 rings (SSSR count). The van der Waals surface area contributed by atoms with E-state index in [1.165, 1.54) is 6.07 Å². The summed E-state index contributed by atoms with van der Waals surface area (Å²) in [6.45, 7) is 5.27. The summed E-state index contributed by atoms with van der Waals surface area (Å²) in [6, 6.07) is 3.48. The fourth-order valence-electron chi connectivity index (χ4n) is 1.50. The van der Waals surface area contributed by atoms with Gasteiger partial charge in [0.05, 0.1) is 12.7 Å². The highest BCUT2D eigenvalue weighted by Gasteiger charge is 2.12. The number of hydrogen-bond acceptors (Lipinski definition) is 3. The molecule has 0 heterocycles. The Kier molecular flexibility index (Phi) is 6.18. The number of aliphatic hydroxyl groups excluding tert-OH is 1. The number of halogens is 2. The van der Waals surface area contributed by atoms with Crippen molar-refractivity contribution in [2.24, 2.45) is 0 Å². The summed E-state index contributed by atoms with van der Waals surface area (Å²) in [5.74, 6) is -1.86. The average molecular weight is 259 g/mol. The van der Waals surface area contributed by atoms with Crippen molar-refractivity contribution in [3.8, 4) is 0 Å². The number of rotatable bonds is 7. The first-order valence-corrected chi connectivity index (χ1v) is 5.98. The molecule has 3 nitrogen and oxygen atoms in total. The molecule has 2 N–H and O–H groups in total. The summed E-state index contributed by atoms with van der Waals surface area (Å²) < 4.78 is 30.9. The van der Waals surface area contributed by atoms with Gasteiger partial charge in [0, 0.05) is 19.2 Å². The largest absolute Gasteiger partial charge is 0.387 e. The zero-order chi connectivity index (χ0) is 13.5. The Balaban J connectivity index is 2.44. The highest BCUT2D eigenvalue weighted by molar-refractivity contribution is 5.20. The van der Waals surface area contributed by atoms with Gasteiger partial charge in [-0.3, -0.25) is 0 Å². The van der Waals surface area contributed by atoms with E-state index in [9.17, 15) is 13.9 Å². The second kappa shape index (κ2) is 7.41. The molecule has 0 aliphatic rings. The van der Waals surface area contributed by atoms with E-state index < -0.39 is 17.7 Å². The molecule has 0 saturated heterocycles. The molecule has 102 valence electrons. The van der Waals surface area contributed by atoms with Crippen LogP contribution in [0.15, 0.2) is 18.2 Å². The Labute approximate surface area is 106 Å². The molecule has 0 aliphatic carbocycles. The minimum Gasteiger partial charge on any atom is -0.387 e. The maximum atomic E-state index is 13.0. The van der Waals surface area contributed by atoms with Crippen molar-refractivity contribution in [3.05, 3.63) is 35.4 Å². The van der Waals surface area contributed by atoms with Crippen LogP contribution < -0.4 is 5.32 Å². The van der Waals surface area contributed by atoms with E-state index in [0.29, 0.717) is 18.8 Å². The van der Waals surface area contributed by atoms with E-state index in [0.717, 1.165) is 12.1 Å². The maximum Gasteiger partial charge on any atom is 0.159 e. The van der Waals surface area contributed by atoms with Crippen LogP contribution in [0.5, 0.6) is 0 Å². The second-order valence-electron chi connectivity index (χ2n) is 4.16. The van der Waals surface area contributed by atoms with Gasteiger partial charge in [-0.1, -0.05) is 6.07 Å². The van der Waals surface area contributed by atoms with Gasteiger partial charge in [-0.2, -0.15) is 0 Å². The van der Waals surface area contributed by atoms with Crippen LogP contribution >= 0.6 is 0 Å². The van der Waals surface area contributed by atoms with Crippen molar-refractivity contribution in [1.29, 1.82) is 0 Å². The molecule has 0 aromatic heterocycles. The molecule has 0 amide bonds. The van der Waals surface area contributed by atoms with E-state index in [2.05, 4.69) is 5.32 Å². The molecule has 0 radical (unpaired) electrons. The molecular formula is C13H19F2NO2. The Morgan fingerprint density at radius 3 is 2.67 bits per heavy atom. The summed E-state index contributed by atoms with van der Waals surface area (Å²) in [5.41, 5.74) is 0.352. The Morgan fingerprint density at radius 2 is 2.06 bits per heavy atom. The molecule has 0 fully saturated rings. The van der Waals surface area contributed by atoms with Crippen molar-refractivity contribution < 1.29 is 18.6 Å². The van der Waals surface area contributed by atoms with Crippen molar-refractivity contribution in [2.75, 3.05) is 19.8 Å². The van der Waals surface area contributed by atoms with E-state index in [4.69, 9.17) is 4.74 Å². The van der Waals surface area contributed by atoms with Gasteiger partial charge in [-0.15, -0.1) is 0 Å². The highest BCUT2D eigenvalue weighted by atomic mass is 19.2. The third-order valence-electron chi connectivity index (χ3n) is 2.56. The van der Waals surface area contributed by atoms with Gasteiger partial charge in [0.15, 0.2) is 11.6 Å². The van der Waals surface area contributed by atoms with E-state index in [-0.39, 0.29) is 12.6 Å². The average Bonchev–Trinajstić information content (AvgIpc) is 2.36. The lowest BCUT2D eigenvalue weighted by molar-refractivity contribution is 0.115. The Hall–Kier alpha value is -1.04. The molecule has 1 aromatic rings. The monoisotopic (exact) mass is 259 g/mol. The molecule has 1 aromatic carbocycles. The van der Waals surface area contributed by atoms with Crippen LogP contribution in [0.25, 0.3) is 0 Å². The van der Waals surface area contributed by atoms with Gasteiger partial charge in [0.2, 0.25) is 0 Å². The lowest BCUT2D eigenvalue weighted by atomic mass is 10.1. The topological polar surface area (TPSA) is 41.5 Å². The number of hydrogen-bond donors (Lipinski definition) is 2. The third kappa shape index (κ3) is 4.68. The van der Waals surface area contributed by atoms with Crippen LogP contribution in [-0.4, -0.2) is 30.9 Å². The van der Waals surface area contributed by atoms with Crippen molar-refractivity contribution in [3.63, 3.8) is 0 Å². The first-order valence-electron chi connectivity index (χ1n) is 5.98. The number of ether oxygens (including phenoxy) is 1. The van der Waals surface area contributed by atoms with Gasteiger partial charge in [-0.05, 0) is 31.5 Å². The maximum absolute atomic E-state index is 13.0. The summed E-state index contributed by atoms with van der Waals surface area (Å²) in [7, 11) is 0. The van der Waals surface area contributed by atoms with Gasteiger partial charge in [-0.25, -0.2) is 8.78 Å². The lowest BCUT2D eigenvalue weighted by Crippen LogP contribution is -2.34. The third-order valence-corrected chi connectivity index (χ3v) is 2.56. The molecule has 5 heteroatoms. The summed E-state index contributed by atoms with van der Waals surface area (Å²) in [4.78, 5) is 0. The van der Waals surface area contributed by atoms with E-state index >= 15 is 0 Å². The molecule has 0 saturated carbocycles. The summed E-state index contributed by atoms with van der Waals surface area (Å²) in [5, 5.41) is 12.9. The lowest BCUT2D eigenvalue weighted by Gasteiger charge is -2.17. The van der Waals surface area contributed by atoms with Crippen LogP contribution in [0.1, 0.15) is 25.5 Å². The number of aliphatic hydroxyl groups is 1. The number of benzene rings is 1. The highest BCUT2D eigenvalue weighted by Crippen LogP contribution is 2.15. The van der Waals surface area contributed by atoms with E-state index in [1.54, 1.807) is 0 Å². The predicted molar refractivity (Wildman–Crippen MR) is 65.3 cm³/mol. The fraction of sp³-hybridized carbons (Fsp3) is 0.538. The molecular weight excluding hydrogens is 240 g/mol. The van der Waals surface area contributed by atoms with E-state index in [1.807, 2.05) is 13.8 Å². The SMILES string of the molecule is CCOCC(C)NCC(O)c1ccc(F)c(F)c1. The van der Waals surface area contributed by atoms with Crippen LogP contribution in [0, 0.1) is 11.6 Å². The minimum absolute atomic E-state index is 0.0879. The number of nitrogens with one attached hydrogen (secondary N) is 1. The van der Waals surface area contributed by atoms with Crippen LogP contribution in [0.3, 0.4) is 0 Å². The summed E-state index contributed by atoms with van der Waals surface area (Å²) >= 11 is 0. The smallest absolute Gasteiger partial charge is 0.159 e. The minimum atomic E-state index is -0.950. The van der Waals surface area contributed by atoms with Crippen molar-refractivity contribution >= 4 is 0 Å². The van der Waals surface area contributed by atoms with Crippen LogP contribution in [0.4, 0.5) is 8.78 Å². The molecule has 0 spiro atoms. The first kappa shape index (κ1) is 15.0. The first-order chi connectivity index (χ1) is 8.54. The van der Waals surface area contributed by atoms with Gasteiger partial charge < -0.3 is 15.2 Å². The zero-order valence-electron chi connectivity index (χ0n) is 10.6. The van der Waals surface area contributed by atoms with Crippen molar-refractivity contribution in [2.45, 2.75) is 26.0 Å². The molecule has 18 heavy (non-hydrogen) atoms. The van der Waals surface area contributed by atoms with Gasteiger partial charge in [0.1, 0.15) is 0 Å². The molecule has 2 unspecified atom stereocenters. The normalized spacial score (nSPS) is 14.5. The molecule has 0 bridgehead atoms. The standard InChI is InChI=1S/C13H19F2NO2/c1-3-18-8-9(2)16-7-13(17)10-4-5-11(14)12(15)6-10/h4-6,9,13,16-17H,3,7-8H2,1-2H3. The Morgan fingerprint density at radius 1 is 1.33 bits per heavy atom. The quantitative estimate of drug-likeness (QED) is 0.787. The van der Waals surface area contributed by atoms with Crippen LogP contribution in [-0.2, 0) is 4.74 Å². The second-order valence-corrected chi connectivity index (χ2v) is 4.16. The molecule has 2 atom stereocenters. The van der Waals surface area contributed by atoms with Gasteiger partial charge >= 0.3 is 0 Å². The van der Waals surface area contributed by atoms with Crippen LogP contribution in [0.2, 0.25) is 0 Å². The zero-order valence-corrected chi connectivity index (χ0v) is 10.6. The molecule has 0 aliphatic heterocycles. The predicted octanol–water partition coefficient (Wildman–Crippen LogP) is 2.01. The van der Waals surface area contributed by atoms with Gasteiger partial charge in [0.25, 0.3) is 0 Å². The summed E-state index contributed by atoms with van der Waals surface area (Å²) in [6.07, 6.45) is -0.871. The Bertz CT molecular complexity index is 374. The van der Waals surface area contributed by atoms with Crippen molar-refractivity contribution in [1.82, 2.24) is 5.32 Å².